The molecule has 5 heteroatoms. The van der Waals surface area contributed by atoms with E-state index < -0.39 is 0 Å². The highest BCUT2D eigenvalue weighted by atomic mass is 79.9. The van der Waals surface area contributed by atoms with Crippen LogP contribution in [0, 0.1) is 0 Å². The van der Waals surface area contributed by atoms with Gasteiger partial charge in [0.2, 0.25) is 11.8 Å². The van der Waals surface area contributed by atoms with Crippen molar-refractivity contribution in [1.82, 2.24) is 10.2 Å². The third kappa shape index (κ3) is 2.28. The molecule has 2 aromatic rings. The Morgan fingerprint density at radius 2 is 2.06 bits per heavy atom. The van der Waals surface area contributed by atoms with Gasteiger partial charge in [0.25, 0.3) is 0 Å². The van der Waals surface area contributed by atoms with E-state index in [1.54, 1.807) is 12.1 Å². The molecule has 0 saturated carbocycles. The summed E-state index contributed by atoms with van der Waals surface area (Å²) < 4.78 is 6.40. The molecule has 1 aromatic heterocycles. The SMILES string of the molecule is CC(C)c1nnc(-c2ccc(Cl)cc2Br)o1. The second kappa shape index (κ2) is 4.55. The Hall–Kier alpha value is -0.870. The van der Waals surface area contributed by atoms with Crippen LogP contribution in [-0.2, 0) is 0 Å². The molecule has 0 aliphatic rings. The highest BCUT2D eigenvalue weighted by Crippen LogP contribution is 2.30. The van der Waals surface area contributed by atoms with E-state index in [1.165, 1.54) is 0 Å². The Morgan fingerprint density at radius 3 is 2.62 bits per heavy atom. The third-order valence-electron chi connectivity index (χ3n) is 2.10. The molecule has 0 aliphatic heterocycles. The zero-order valence-corrected chi connectivity index (χ0v) is 11.2. The van der Waals surface area contributed by atoms with E-state index in [4.69, 9.17) is 16.0 Å². The molecule has 0 radical (unpaired) electrons. The molecule has 0 aliphatic carbocycles. The summed E-state index contributed by atoms with van der Waals surface area (Å²) in [5.74, 6) is 1.37. The van der Waals surface area contributed by atoms with E-state index in [-0.39, 0.29) is 5.92 Å². The molecule has 0 saturated heterocycles. The molecule has 0 N–H and O–H groups in total. The lowest BCUT2D eigenvalue weighted by atomic mass is 10.2. The lowest BCUT2D eigenvalue weighted by Crippen LogP contribution is -1.85. The fourth-order valence-electron chi connectivity index (χ4n) is 1.24. The zero-order valence-electron chi connectivity index (χ0n) is 8.87. The number of hydrogen-bond acceptors (Lipinski definition) is 3. The van der Waals surface area contributed by atoms with Crippen molar-refractivity contribution in [1.29, 1.82) is 0 Å². The minimum absolute atomic E-state index is 0.229. The lowest BCUT2D eigenvalue weighted by Gasteiger charge is -1.99. The monoisotopic (exact) mass is 300 g/mol. The zero-order chi connectivity index (χ0) is 11.7. The van der Waals surface area contributed by atoms with Crippen molar-refractivity contribution in [3.8, 4) is 11.5 Å². The van der Waals surface area contributed by atoms with Crippen LogP contribution in [0.4, 0.5) is 0 Å². The molecular weight excluding hydrogens is 291 g/mol. The van der Waals surface area contributed by atoms with Crippen molar-refractivity contribution in [2.45, 2.75) is 19.8 Å². The van der Waals surface area contributed by atoms with Gasteiger partial charge in [-0.15, -0.1) is 10.2 Å². The van der Waals surface area contributed by atoms with E-state index in [0.29, 0.717) is 16.8 Å². The maximum Gasteiger partial charge on any atom is 0.248 e. The van der Waals surface area contributed by atoms with Crippen molar-refractivity contribution >= 4 is 27.5 Å². The van der Waals surface area contributed by atoms with Crippen LogP contribution >= 0.6 is 27.5 Å². The van der Waals surface area contributed by atoms with E-state index in [0.717, 1.165) is 10.0 Å². The normalized spacial score (nSPS) is 11.1. The summed E-state index contributed by atoms with van der Waals surface area (Å²) >= 11 is 9.28. The molecule has 1 aromatic carbocycles. The maximum absolute atomic E-state index is 5.86. The Kier molecular flexibility index (Phi) is 3.30. The summed E-state index contributed by atoms with van der Waals surface area (Å²) in [6.07, 6.45) is 0. The second-order valence-corrected chi connectivity index (χ2v) is 5.02. The fraction of sp³-hybridized carbons (Fsp3) is 0.273. The van der Waals surface area contributed by atoms with Gasteiger partial charge in [0.05, 0.1) is 5.56 Å². The van der Waals surface area contributed by atoms with Gasteiger partial charge in [-0.2, -0.15) is 0 Å². The summed E-state index contributed by atoms with van der Waals surface area (Å²) in [5, 5.41) is 8.66. The van der Waals surface area contributed by atoms with Gasteiger partial charge in [0, 0.05) is 15.4 Å². The van der Waals surface area contributed by atoms with Gasteiger partial charge in [-0.3, -0.25) is 0 Å². The molecular formula is C11H10BrClN2O. The standard InChI is InChI=1S/C11H10BrClN2O/c1-6(2)10-14-15-11(16-10)8-4-3-7(13)5-9(8)12/h3-6H,1-2H3. The van der Waals surface area contributed by atoms with Crippen LogP contribution in [0.3, 0.4) is 0 Å². The van der Waals surface area contributed by atoms with Crippen molar-refractivity contribution in [3.63, 3.8) is 0 Å². The number of aromatic nitrogens is 2. The molecule has 0 spiro atoms. The summed E-state index contributed by atoms with van der Waals surface area (Å²) in [4.78, 5) is 0. The quantitative estimate of drug-likeness (QED) is 0.831. The summed E-state index contributed by atoms with van der Waals surface area (Å²) in [5.41, 5.74) is 0.851. The van der Waals surface area contributed by atoms with Crippen LogP contribution in [0.25, 0.3) is 11.5 Å². The van der Waals surface area contributed by atoms with E-state index in [1.807, 2.05) is 19.9 Å². The van der Waals surface area contributed by atoms with Gasteiger partial charge in [-0.1, -0.05) is 25.4 Å². The van der Waals surface area contributed by atoms with Crippen LogP contribution in [0.2, 0.25) is 5.02 Å². The number of benzene rings is 1. The average molecular weight is 302 g/mol. The van der Waals surface area contributed by atoms with Crippen LogP contribution in [-0.4, -0.2) is 10.2 Å². The first kappa shape index (κ1) is 11.6. The first-order chi connectivity index (χ1) is 7.58. The van der Waals surface area contributed by atoms with Crippen molar-refractivity contribution in [3.05, 3.63) is 33.6 Å². The fourth-order valence-corrected chi connectivity index (χ4v) is 2.09. The molecule has 0 atom stereocenters. The summed E-state index contributed by atoms with van der Waals surface area (Å²) in [6.45, 7) is 4.02. The number of rotatable bonds is 2. The Labute approximate surface area is 107 Å². The van der Waals surface area contributed by atoms with E-state index in [2.05, 4.69) is 26.1 Å². The predicted molar refractivity (Wildman–Crippen MR) is 66.5 cm³/mol. The number of halogens is 2. The molecule has 0 bridgehead atoms. The van der Waals surface area contributed by atoms with Crippen LogP contribution in [0.15, 0.2) is 27.1 Å². The lowest BCUT2D eigenvalue weighted by molar-refractivity contribution is 0.481. The molecule has 3 nitrogen and oxygen atoms in total. The first-order valence-electron chi connectivity index (χ1n) is 4.86. The van der Waals surface area contributed by atoms with Crippen LogP contribution in [0.5, 0.6) is 0 Å². The largest absolute Gasteiger partial charge is 0.420 e. The molecule has 0 fully saturated rings. The van der Waals surface area contributed by atoms with Crippen molar-refractivity contribution in [2.75, 3.05) is 0 Å². The van der Waals surface area contributed by atoms with Crippen LogP contribution in [0.1, 0.15) is 25.7 Å². The van der Waals surface area contributed by atoms with Gasteiger partial charge in [0.1, 0.15) is 0 Å². The summed E-state index contributed by atoms with van der Waals surface area (Å²) in [7, 11) is 0. The van der Waals surface area contributed by atoms with Gasteiger partial charge < -0.3 is 4.42 Å². The van der Waals surface area contributed by atoms with Gasteiger partial charge >= 0.3 is 0 Å². The second-order valence-electron chi connectivity index (χ2n) is 3.72. The molecule has 16 heavy (non-hydrogen) atoms. The van der Waals surface area contributed by atoms with E-state index >= 15 is 0 Å². The molecule has 0 unspecified atom stereocenters. The van der Waals surface area contributed by atoms with Crippen LogP contribution < -0.4 is 0 Å². The topological polar surface area (TPSA) is 38.9 Å². The maximum atomic E-state index is 5.86. The van der Waals surface area contributed by atoms with Gasteiger partial charge in [-0.05, 0) is 34.1 Å². The van der Waals surface area contributed by atoms with Crippen molar-refractivity contribution in [2.24, 2.45) is 0 Å². The minimum Gasteiger partial charge on any atom is -0.420 e. The molecule has 1 heterocycles. The molecule has 2 rings (SSSR count). The Balaban J connectivity index is 2.42. The van der Waals surface area contributed by atoms with E-state index in [9.17, 15) is 0 Å². The Morgan fingerprint density at radius 1 is 1.31 bits per heavy atom. The van der Waals surface area contributed by atoms with Gasteiger partial charge in [-0.25, -0.2) is 0 Å². The number of nitrogens with zero attached hydrogens (tertiary/aromatic N) is 2. The third-order valence-corrected chi connectivity index (χ3v) is 2.99. The predicted octanol–water partition coefficient (Wildman–Crippen LogP) is 4.28. The average Bonchev–Trinajstić information content (AvgIpc) is 2.66. The van der Waals surface area contributed by atoms with Crippen molar-refractivity contribution < 1.29 is 4.42 Å². The highest BCUT2D eigenvalue weighted by Gasteiger charge is 2.13. The first-order valence-corrected chi connectivity index (χ1v) is 6.04. The molecule has 0 amide bonds. The minimum atomic E-state index is 0.229. The highest BCUT2D eigenvalue weighted by molar-refractivity contribution is 9.10. The molecule has 84 valence electrons. The Bertz CT molecular complexity index is 510. The number of hydrogen-bond donors (Lipinski definition) is 0. The smallest absolute Gasteiger partial charge is 0.248 e. The summed E-state index contributed by atoms with van der Waals surface area (Å²) in [6, 6.07) is 5.45. The van der Waals surface area contributed by atoms with Gasteiger partial charge in [0.15, 0.2) is 0 Å².